The second-order valence-electron chi connectivity index (χ2n) is 5.41. The number of amides is 1. The third-order valence-electron chi connectivity index (χ3n) is 3.53. The van der Waals surface area contributed by atoms with Gasteiger partial charge in [-0.3, -0.25) is 4.79 Å². The molecule has 1 aliphatic rings. The summed E-state index contributed by atoms with van der Waals surface area (Å²) in [6.07, 6.45) is 5.96. The van der Waals surface area contributed by atoms with Crippen molar-refractivity contribution in [3.8, 4) is 0 Å². The molecule has 1 fully saturated rings. The standard InChI is InChI=1S/C12H24N2O/c1-4-11(2,3)14-10(15)12(13)8-6-5-7-9-12/h4-9,13H2,1-3H3,(H,14,15). The maximum Gasteiger partial charge on any atom is 0.240 e. The van der Waals surface area contributed by atoms with Crippen LogP contribution in [0.15, 0.2) is 0 Å². The molecule has 0 radical (unpaired) electrons. The molecule has 0 spiro atoms. The Morgan fingerprint density at radius 3 is 2.33 bits per heavy atom. The Labute approximate surface area is 92.8 Å². The van der Waals surface area contributed by atoms with Crippen LogP contribution >= 0.6 is 0 Å². The van der Waals surface area contributed by atoms with Gasteiger partial charge in [0.15, 0.2) is 0 Å². The third-order valence-corrected chi connectivity index (χ3v) is 3.53. The van der Waals surface area contributed by atoms with Crippen LogP contribution in [0.4, 0.5) is 0 Å². The van der Waals surface area contributed by atoms with Gasteiger partial charge in [0, 0.05) is 5.54 Å². The van der Waals surface area contributed by atoms with Crippen molar-refractivity contribution in [1.82, 2.24) is 5.32 Å². The molecule has 1 amide bonds. The van der Waals surface area contributed by atoms with E-state index in [1.807, 2.05) is 13.8 Å². The Balaban J connectivity index is 2.59. The molecule has 1 aliphatic carbocycles. The van der Waals surface area contributed by atoms with Crippen LogP contribution < -0.4 is 11.1 Å². The van der Waals surface area contributed by atoms with Crippen LogP contribution in [0.5, 0.6) is 0 Å². The molecule has 0 heterocycles. The highest BCUT2D eigenvalue weighted by atomic mass is 16.2. The number of nitrogens with two attached hydrogens (primary N) is 1. The van der Waals surface area contributed by atoms with Gasteiger partial charge >= 0.3 is 0 Å². The van der Waals surface area contributed by atoms with Crippen LogP contribution in [0.2, 0.25) is 0 Å². The molecule has 3 nitrogen and oxygen atoms in total. The summed E-state index contributed by atoms with van der Waals surface area (Å²) in [7, 11) is 0. The highest BCUT2D eigenvalue weighted by molar-refractivity contribution is 5.86. The van der Waals surface area contributed by atoms with Gasteiger partial charge in [-0.1, -0.05) is 26.2 Å². The minimum absolute atomic E-state index is 0.0362. The normalized spacial score (nSPS) is 21.1. The quantitative estimate of drug-likeness (QED) is 0.751. The SMILES string of the molecule is CCC(C)(C)NC(=O)C1(N)CCCCC1. The van der Waals surface area contributed by atoms with Crippen LogP contribution in [0.1, 0.15) is 59.3 Å². The second-order valence-corrected chi connectivity index (χ2v) is 5.41. The average molecular weight is 212 g/mol. The Kier molecular flexibility index (Phi) is 3.77. The number of hydrogen-bond donors (Lipinski definition) is 2. The fraction of sp³-hybridized carbons (Fsp3) is 0.917. The van der Waals surface area contributed by atoms with E-state index < -0.39 is 5.54 Å². The summed E-state index contributed by atoms with van der Waals surface area (Å²) in [6, 6.07) is 0. The van der Waals surface area contributed by atoms with Crippen molar-refractivity contribution >= 4 is 5.91 Å². The minimum atomic E-state index is -0.606. The zero-order valence-electron chi connectivity index (χ0n) is 10.2. The molecular formula is C12H24N2O. The second kappa shape index (κ2) is 4.52. The van der Waals surface area contributed by atoms with E-state index in [0.717, 1.165) is 32.1 Å². The molecule has 0 aromatic heterocycles. The van der Waals surface area contributed by atoms with Gasteiger partial charge in [0.25, 0.3) is 0 Å². The maximum atomic E-state index is 12.1. The molecule has 88 valence electrons. The van der Waals surface area contributed by atoms with Crippen LogP contribution in [0.3, 0.4) is 0 Å². The van der Waals surface area contributed by atoms with E-state index in [1.165, 1.54) is 6.42 Å². The Bertz CT molecular complexity index is 230. The van der Waals surface area contributed by atoms with E-state index in [4.69, 9.17) is 5.73 Å². The van der Waals surface area contributed by atoms with Crippen molar-refractivity contribution in [2.45, 2.75) is 70.4 Å². The van der Waals surface area contributed by atoms with Gasteiger partial charge in [-0.2, -0.15) is 0 Å². The topological polar surface area (TPSA) is 55.1 Å². The van der Waals surface area contributed by atoms with E-state index in [0.29, 0.717) is 0 Å². The smallest absolute Gasteiger partial charge is 0.240 e. The number of rotatable bonds is 3. The lowest BCUT2D eigenvalue weighted by molar-refractivity contribution is -0.129. The Morgan fingerprint density at radius 2 is 1.87 bits per heavy atom. The predicted octanol–water partition coefficient (Wildman–Crippen LogP) is 1.95. The molecule has 1 saturated carbocycles. The first kappa shape index (κ1) is 12.5. The van der Waals surface area contributed by atoms with Crippen molar-refractivity contribution in [3.05, 3.63) is 0 Å². The molecule has 0 aliphatic heterocycles. The molecule has 0 aromatic carbocycles. The summed E-state index contributed by atoms with van der Waals surface area (Å²) in [6.45, 7) is 6.15. The number of hydrogen-bond acceptors (Lipinski definition) is 2. The molecule has 3 N–H and O–H groups in total. The molecule has 0 bridgehead atoms. The lowest BCUT2D eigenvalue weighted by atomic mass is 9.81. The minimum Gasteiger partial charge on any atom is -0.350 e. The Morgan fingerprint density at radius 1 is 1.33 bits per heavy atom. The molecule has 0 atom stereocenters. The summed E-state index contributed by atoms with van der Waals surface area (Å²) in [5.74, 6) is 0.0362. The van der Waals surface area contributed by atoms with Crippen molar-refractivity contribution in [1.29, 1.82) is 0 Å². The Hall–Kier alpha value is -0.570. The maximum absolute atomic E-state index is 12.1. The van der Waals surface area contributed by atoms with Crippen molar-refractivity contribution < 1.29 is 4.79 Å². The summed E-state index contributed by atoms with van der Waals surface area (Å²) >= 11 is 0. The van der Waals surface area contributed by atoms with Crippen LogP contribution in [-0.4, -0.2) is 17.0 Å². The number of carbonyl (C=O) groups is 1. The molecule has 3 heteroatoms. The highest BCUT2D eigenvalue weighted by Gasteiger charge is 2.37. The largest absolute Gasteiger partial charge is 0.350 e. The van der Waals surface area contributed by atoms with E-state index >= 15 is 0 Å². The van der Waals surface area contributed by atoms with Crippen LogP contribution in [0.25, 0.3) is 0 Å². The summed E-state index contributed by atoms with van der Waals surface area (Å²) in [5, 5.41) is 3.05. The number of nitrogens with one attached hydrogen (secondary N) is 1. The molecule has 0 aromatic rings. The predicted molar refractivity (Wildman–Crippen MR) is 62.5 cm³/mol. The first-order valence-corrected chi connectivity index (χ1v) is 6.01. The monoisotopic (exact) mass is 212 g/mol. The molecule has 0 saturated heterocycles. The molecule has 1 rings (SSSR count). The van der Waals surface area contributed by atoms with Gasteiger partial charge in [0.2, 0.25) is 5.91 Å². The van der Waals surface area contributed by atoms with Crippen LogP contribution in [0, 0.1) is 0 Å². The van der Waals surface area contributed by atoms with Gasteiger partial charge < -0.3 is 11.1 Å². The first-order valence-electron chi connectivity index (χ1n) is 6.01. The van der Waals surface area contributed by atoms with Crippen molar-refractivity contribution in [3.63, 3.8) is 0 Å². The van der Waals surface area contributed by atoms with E-state index in [2.05, 4.69) is 12.2 Å². The number of carbonyl (C=O) groups excluding carboxylic acids is 1. The van der Waals surface area contributed by atoms with Gasteiger partial charge in [0.05, 0.1) is 5.54 Å². The molecule has 15 heavy (non-hydrogen) atoms. The lowest BCUT2D eigenvalue weighted by Crippen LogP contribution is -2.59. The summed E-state index contributed by atoms with van der Waals surface area (Å²) in [4.78, 5) is 12.1. The van der Waals surface area contributed by atoms with Gasteiger partial charge in [-0.25, -0.2) is 0 Å². The third kappa shape index (κ3) is 3.20. The molecule has 0 unspecified atom stereocenters. The van der Waals surface area contributed by atoms with E-state index in [1.54, 1.807) is 0 Å². The zero-order valence-corrected chi connectivity index (χ0v) is 10.2. The first-order chi connectivity index (χ1) is 6.90. The van der Waals surface area contributed by atoms with Gasteiger partial charge in [-0.15, -0.1) is 0 Å². The van der Waals surface area contributed by atoms with Crippen molar-refractivity contribution in [2.24, 2.45) is 5.73 Å². The molecular weight excluding hydrogens is 188 g/mol. The lowest BCUT2D eigenvalue weighted by Gasteiger charge is -2.35. The van der Waals surface area contributed by atoms with E-state index in [9.17, 15) is 4.79 Å². The van der Waals surface area contributed by atoms with Crippen LogP contribution in [-0.2, 0) is 4.79 Å². The van der Waals surface area contributed by atoms with Gasteiger partial charge in [-0.05, 0) is 33.1 Å². The average Bonchev–Trinajstić information content (AvgIpc) is 2.18. The summed E-state index contributed by atoms with van der Waals surface area (Å²) < 4.78 is 0. The summed E-state index contributed by atoms with van der Waals surface area (Å²) in [5.41, 5.74) is 5.41. The fourth-order valence-corrected chi connectivity index (χ4v) is 1.93. The van der Waals surface area contributed by atoms with Crippen molar-refractivity contribution in [2.75, 3.05) is 0 Å². The highest BCUT2D eigenvalue weighted by Crippen LogP contribution is 2.26. The fourth-order valence-electron chi connectivity index (χ4n) is 1.93. The van der Waals surface area contributed by atoms with E-state index in [-0.39, 0.29) is 11.4 Å². The van der Waals surface area contributed by atoms with Gasteiger partial charge in [0.1, 0.15) is 0 Å². The zero-order chi connectivity index (χ0) is 11.5.